The SMILES string of the molecule is C#CC(CCC(C)C)C(F)(F)F. The lowest BCUT2D eigenvalue weighted by Crippen LogP contribution is -2.21. The van der Waals surface area contributed by atoms with Crippen molar-refractivity contribution in [3.63, 3.8) is 0 Å². The predicted molar refractivity (Wildman–Crippen MR) is 42.5 cm³/mol. The first-order chi connectivity index (χ1) is 5.38. The molecule has 0 aromatic heterocycles. The first kappa shape index (κ1) is 11.4. The van der Waals surface area contributed by atoms with Gasteiger partial charge in [-0.15, -0.1) is 6.42 Å². The third kappa shape index (κ3) is 4.27. The van der Waals surface area contributed by atoms with E-state index in [9.17, 15) is 13.2 Å². The molecule has 0 fully saturated rings. The lowest BCUT2D eigenvalue weighted by atomic mass is 9.98. The Morgan fingerprint density at radius 2 is 1.75 bits per heavy atom. The van der Waals surface area contributed by atoms with E-state index in [0.717, 1.165) is 0 Å². The smallest absolute Gasteiger partial charge is 0.170 e. The van der Waals surface area contributed by atoms with Gasteiger partial charge >= 0.3 is 6.18 Å². The molecular formula is C9H13F3. The van der Waals surface area contributed by atoms with E-state index in [1.165, 1.54) is 0 Å². The van der Waals surface area contributed by atoms with Crippen LogP contribution in [0.4, 0.5) is 13.2 Å². The summed E-state index contributed by atoms with van der Waals surface area (Å²) in [4.78, 5) is 0. The number of rotatable bonds is 3. The van der Waals surface area contributed by atoms with Crippen molar-refractivity contribution in [2.24, 2.45) is 11.8 Å². The molecule has 0 spiro atoms. The van der Waals surface area contributed by atoms with E-state index in [1.54, 1.807) is 5.92 Å². The van der Waals surface area contributed by atoms with Gasteiger partial charge in [0.2, 0.25) is 0 Å². The second-order valence-electron chi connectivity index (χ2n) is 3.23. The van der Waals surface area contributed by atoms with Crippen LogP contribution in [0, 0.1) is 24.2 Å². The summed E-state index contributed by atoms with van der Waals surface area (Å²) in [5.41, 5.74) is 0. The van der Waals surface area contributed by atoms with E-state index < -0.39 is 12.1 Å². The summed E-state index contributed by atoms with van der Waals surface area (Å²) in [6.07, 6.45) is 1.10. The van der Waals surface area contributed by atoms with Crippen LogP contribution in [0.15, 0.2) is 0 Å². The van der Waals surface area contributed by atoms with Gasteiger partial charge in [-0.25, -0.2) is 0 Å². The Morgan fingerprint density at radius 3 is 2.00 bits per heavy atom. The first-order valence-electron chi connectivity index (χ1n) is 3.90. The Bertz CT molecular complexity index is 162. The number of hydrogen-bond acceptors (Lipinski definition) is 0. The molecule has 3 heteroatoms. The number of alkyl halides is 3. The second-order valence-corrected chi connectivity index (χ2v) is 3.23. The highest BCUT2D eigenvalue weighted by Gasteiger charge is 2.37. The van der Waals surface area contributed by atoms with Gasteiger partial charge in [-0.1, -0.05) is 19.8 Å². The zero-order valence-electron chi connectivity index (χ0n) is 7.28. The molecule has 0 rings (SSSR count). The van der Waals surface area contributed by atoms with Gasteiger partial charge in [-0.05, 0) is 18.8 Å². The lowest BCUT2D eigenvalue weighted by molar-refractivity contribution is -0.160. The minimum Gasteiger partial charge on any atom is -0.170 e. The van der Waals surface area contributed by atoms with Crippen LogP contribution in [0.2, 0.25) is 0 Å². The van der Waals surface area contributed by atoms with E-state index in [2.05, 4.69) is 0 Å². The van der Waals surface area contributed by atoms with Gasteiger partial charge in [-0.2, -0.15) is 13.2 Å². The van der Waals surface area contributed by atoms with Crippen LogP contribution in [0.5, 0.6) is 0 Å². The Kier molecular flexibility index (Phi) is 4.16. The van der Waals surface area contributed by atoms with Gasteiger partial charge in [0.1, 0.15) is 5.92 Å². The van der Waals surface area contributed by atoms with Crippen LogP contribution in [0.25, 0.3) is 0 Å². The normalized spacial score (nSPS) is 14.4. The molecule has 0 aliphatic rings. The lowest BCUT2D eigenvalue weighted by Gasteiger charge is -2.15. The summed E-state index contributed by atoms with van der Waals surface area (Å²) in [6.45, 7) is 3.76. The molecule has 0 nitrogen and oxygen atoms in total. The summed E-state index contributed by atoms with van der Waals surface area (Å²) in [5, 5.41) is 0. The fraction of sp³-hybridized carbons (Fsp3) is 0.778. The summed E-state index contributed by atoms with van der Waals surface area (Å²) < 4.78 is 36.1. The molecule has 0 aliphatic heterocycles. The topological polar surface area (TPSA) is 0 Å². The monoisotopic (exact) mass is 178 g/mol. The van der Waals surface area contributed by atoms with Crippen molar-refractivity contribution in [2.75, 3.05) is 0 Å². The van der Waals surface area contributed by atoms with Crippen LogP contribution < -0.4 is 0 Å². The van der Waals surface area contributed by atoms with Crippen LogP contribution >= 0.6 is 0 Å². The molecular weight excluding hydrogens is 165 g/mol. The van der Waals surface area contributed by atoms with E-state index >= 15 is 0 Å². The molecule has 1 unspecified atom stereocenters. The minimum absolute atomic E-state index is 0.0394. The maximum atomic E-state index is 12.0. The van der Waals surface area contributed by atoms with Crippen LogP contribution in [-0.4, -0.2) is 6.18 Å². The van der Waals surface area contributed by atoms with Crippen LogP contribution in [0.3, 0.4) is 0 Å². The highest BCUT2D eigenvalue weighted by molar-refractivity contribution is 4.96. The molecule has 70 valence electrons. The first-order valence-corrected chi connectivity index (χ1v) is 3.90. The standard InChI is InChI=1S/C9H13F3/c1-4-8(9(10,11)12)6-5-7(2)3/h1,7-8H,5-6H2,2-3H3. The zero-order valence-corrected chi connectivity index (χ0v) is 7.28. The molecule has 0 aromatic rings. The van der Waals surface area contributed by atoms with Crippen molar-refractivity contribution in [3.8, 4) is 12.3 Å². The molecule has 12 heavy (non-hydrogen) atoms. The van der Waals surface area contributed by atoms with Gasteiger partial charge in [0.15, 0.2) is 0 Å². The second kappa shape index (κ2) is 4.39. The Balaban J connectivity index is 3.96. The average molecular weight is 178 g/mol. The van der Waals surface area contributed by atoms with Crippen molar-refractivity contribution in [1.29, 1.82) is 0 Å². The highest BCUT2D eigenvalue weighted by Crippen LogP contribution is 2.29. The van der Waals surface area contributed by atoms with Crippen LogP contribution in [0.1, 0.15) is 26.7 Å². The molecule has 0 heterocycles. The molecule has 0 saturated heterocycles. The van der Waals surface area contributed by atoms with E-state index in [-0.39, 0.29) is 12.3 Å². The predicted octanol–water partition coefficient (Wildman–Crippen LogP) is 3.23. The molecule has 0 aliphatic carbocycles. The van der Waals surface area contributed by atoms with Crippen molar-refractivity contribution in [1.82, 2.24) is 0 Å². The Labute approximate surface area is 71.2 Å². The highest BCUT2D eigenvalue weighted by atomic mass is 19.4. The van der Waals surface area contributed by atoms with Gasteiger partial charge in [-0.3, -0.25) is 0 Å². The maximum absolute atomic E-state index is 12.0. The van der Waals surface area contributed by atoms with Gasteiger partial charge in [0.05, 0.1) is 0 Å². The number of halogens is 3. The average Bonchev–Trinajstić information content (AvgIpc) is 1.85. The largest absolute Gasteiger partial charge is 0.402 e. The molecule has 0 saturated carbocycles. The van der Waals surface area contributed by atoms with Crippen molar-refractivity contribution >= 4 is 0 Å². The van der Waals surface area contributed by atoms with Crippen LogP contribution in [-0.2, 0) is 0 Å². The fourth-order valence-corrected chi connectivity index (χ4v) is 0.841. The Morgan fingerprint density at radius 1 is 1.25 bits per heavy atom. The molecule has 0 aromatic carbocycles. The van der Waals surface area contributed by atoms with Crippen molar-refractivity contribution < 1.29 is 13.2 Å². The molecule has 0 amide bonds. The quantitative estimate of drug-likeness (QED) is 0.582. The fourth-order valence-electron chi connectivity index (χ4n) is 0.841. The Hall–Kier alpha value is -0.650. The number of terminal acetylenes is 1. The van der Waals surface area contributed by atoms with Gasteiger partial charge in [0, 0.05) is 0 Å². The molecule has 1 atom stereocenters. The van der Waals surface area contributed by atoms with Crippen molar-refractivity contribution in [2.45, 2.75) is 32.9 Å². The number of hydrogen-bond donors (Lipinski definition) is 0. The van der Waals surface area contributed by atoms with Gasteiger partial charge < -0.3 is 0 Å². The molecule has 0 radical (unpaired) electrons. The minimum atomic E-state index is -4.23. The van der Waals surface area contributed by atoms with E-state index in [0.29, 0.717) is 6.42 Å². The van der Waals surface area contributed by atoms with Crippen molar-refractivity contribution in [3.05, 3.63) is 0 Å². The van der Waals surface area contributed by atoms with Gasteiger partial charge in [0.25, 0.3) is 0 Å². The summed E-state index contributed by atoms with van der Waals surface area (Å²) >= 11 is 0. The third-order valence-corrected chi connectivity index (χ3v) is 1.63. The zero-order chi connectivity index (χ0) is 9.78. The summed E-state index contributed by atoms with van der Waals surface area (Å²) in [6, 6.07) is 0. The van der Waals surface area contributed by atoms with E-state index in [4.69, 9.17) is 6.42 Å². The summed E-state index contributed by atoms with van der Waals surface area (Å²) in [5.74, 6) is 0.470. The maximum Gasteiger partial charge on any atom is 0.402 e. The molecule has 0 N–H and O–H groups in total. The molecule has 0 bridgehead atoms. The summed E-state index contributed by atoms with van der Waals surface area (Å²) in [7, 11) is 0. The van der Waals surface area contributed by atoms with E-state index in [1.807, 2.05) is 13.8 Å². The third-order valence-electron chi connectivity index (χ3n) is 1.63.